The first-order valence-corrected chi connectivity index (χ1v) is 7.64. The standard InChI is InChI=1S/C16H25NO4/c1-15(2,3)12-11(13(19)16(4)7-5-8-16)10(18)6-9-17(12)14(20)21/h11-12H,5-9H2,1-4H3,(H,20,21). The van der Waals surface area contributed by atoms with Crippen LogP contribution in [-0.2, 0) is 9.59 Å². The molecule has 2 aliphatic rings. The molecule has 5 heteroatoms. The van der Waals surface area contributed by atoms with E-state index in [4.69, 9.17) is 0 Å². The van der Waals surface area contributed by atoms with Gasteiger partial charge in [-0.1, -0.05) is 34.1 Å². The summed E-state index contributed by atoms with van der Waals surface area (Å²) in [6.07, 6.45) is 1.72. The molecular weight excluding hydrogens is 270 g/mol. The highest BCUT2D eigenvalue weighted by Crippen LogP contribution is 2.46. The topological polar surface area (TPSA) is 74.7 Å². The van der Waals surface area contributed by atoms with Crippen LogP contribution in [0.3, 0.4) is 0 Å². The molecule has 1 aliphatic heterocycles. The summed E-state index contributed by atoms with van der Waals surface area (Å²) in [5, 5.41) is 9.44. The van der Waals surface area contributed by atoms with Crippen molar-refractivity contribution in [3.8, 4) is 0 Å². The Morgan fingerprint density at radius 1 is 1.29 bits per heavy atom. The molecule has 1 saturated heterocycles. The number of hydrogen-bond acceptors (Lipinski definition) is 3. The number of hydrogen-bond donors (Lipinski definition) is 1. The zero-order valence-corrected chi connectivity index (χ0v) is 13.3. The predicted molar refractivity (Wildman–Crippen MR) is 78.1 cm³/mol. The Hall–Kier alpha value is -1.39. The molecule has 2 rings (SSSR count). The minimum absolute atomic E-state index is 0.0513. The summed E-state index contributed by atoms with van der Waals surface area (Å²) in [4.78, 5) is 38.1. The quantitative estimate of drug-likeness (QED) is 0.795. The molecule has 5 nitrogen and oxygen atoms in total. The molecule has 0 aromatic carbocycles. The number of Topliss-reactive ketones (excluding diaryl/α,β-unsaturated/α-hetero) is 2. The van der Waals surface area contributed by atoms with E-state index in [9.17, 15) is 19.5 Å². The fraction of sp³-hybridized carbons (Fsp3) is 0.812. The molecule has 0 radical (unpaired) electrons. The second kappa shape index (κ2) is 5.11. The maximum Gasteiger partial charge on any atom is 0.407 e. The zero-order chi connectivity index (χ0) is 16.0. The van der Waals surface area contributed by atoms with Crippen LogP contribution in [0.2, 0.25) is 0 Å². The van der Waals surface area contributed by atoms with E-state index in [0.29, 0.717) is 0 Å². The molecule has 2 fully saturated rings. The summed E-state index contributed by atoms with van der Waals surface area (Å²) < 4.78 is 0. The third kappa shape index (κ3) is 2.70. The number of likely N-dealkylation sites (tertiary alicyclic amines) is 1. The molecule has 1 amide bonds. The molecule has 118 valence electrons. The second-order valence-corrected chi connectivity index (χ2v) is 7.76. The number of nitrogens with zero attached hydrogens (tertiary/aromatic N) is 1. The Kier molecular flexibility index (Phi) is 3.89. The van der Waals surface area contributed by atoms with Gasteiger partial charge in [0.05, 0.1) is 12.0 Å². The van der Waals surface area contributed by atoms with Crippen LogP contribution in [0.1, 0.15) is 53.4 Å². The number of carbonyl (C=O) groups excluding carboxylic acids is 2. The molecule has 2 atom stereocenters. The van der Waals surface area contributed by atoms with Gasteiger partial charge in [-0.05, 0) is 18.3 Å². The average Bonchev–Trinajstić information content (AvgIpc) is 2.33. The van der Waals surface area contributed by atoms with Crippen molar-refractivity contribution in [2.75, 3.05) is 6.54 Å². The normalized spacial score (nSPS) is 29.0. The number of carboxylic acid groups (broad SMARTS) is 1. The van der Waals surface area contributed by atoms with E-state index in [0.717, 1.165) is 19.3 Å². The Bertz CT molecular complexity index is 473. The van der Waals surface area contributed by atoms with Crippen molar-refractivity contribution in [3.63, 3.8) is 0 Å². The Balaban J connectivity index is 2.40. The number of piperidine rings is 1. The maximum absolute atomic E-state index is 12.9. The van der Waals surface area contributed by atoms with E-state index in [1.54, 1.807) is 0 Å². The molecule has 2 unspecified atom stereocenters. The molecule has 1 heterocycles. The monoisotopic (exact) mass is 295 g/mol. The van der Waals surface area contributed by atoms with Crippen molar-refractivity contribution >= 4 is 17.7 Å². The molecule has 0 spiro atoms. The van der Waals surface area contributed by atoms with Crippen LogP contribution in [0.25, 0.3) is 0 Å². The lowest BCUT2D eigenvalue weighted by Crippen LogP contribution is -2.61. The van der Waals surface area contributed by atoms with Gasteiger partial charge in [0, 0.05) is 18.4 Å². The zero-order valence-electron chi connectivity index (χ0n) is 13.3. The third-order valence-electron chi connectivity index (χ3n) is 5.06. The molecule has 1 N–H and O–H groups in total. The Morgan fingerprint density at radius 2 is 1.86 bits per heavy atom. The van der Waals surface area contributed by atoms with E-state index in [-0.39, 0.29) is 24.5 Å². The van der Waals surface area contributed by atoms with Gasteiger partial charge in [0.25, 0.3) is 0 Å². The number of ketones is 2. The van der Waals surface area contributed by atoms with E-state index in [2.05, 4.69) is 0 Å². The first kappa shape index (κ1) is 16.0. The van der Waals surface area contributed by atoms with Crippen LogP contribution in [-0.4, -0.2) is 40.3 Å². The second-order valence-electron chi connectivity index (χ2n) is 7.76. The lowest BCUT2D eigenvalue weighted by molar-refractivity contribution is -0.150. The van der Waals surface area contributed by atoms with Crippen molar-refractivity contribution in [1.82, 2.24) is 4.90 Å². The van der Waals surface area contributed by atoms with Crippen molar-refractivity contribution in [1.29, 1.82) is 0 Å². The fourth-order valence-electron chi connectivity index (χ4n) is 3.68. The van der Waals surface area contributed by atoms with Gasteiger partial charge in [-0.15, -0.1) is 0 Å². The summed E-state index contributed by atoms with van der Waals surface area (Å²) in [7, 11) is 0. The smallest absolute Gasteiger partial charge is 0.407 e. The van der Waals surface area contributed by atoms with Crippen molar-refractivity contribution < 1.29 is 19.5 Å². The summed E-state index contributed by atoms with van der Waals surface area (Å²) in [6.45, 7) is 7.79. The van der Waals surface area contributed by atoms with Crippen LogP contribution in [0.4, 0.5) is 4.79 Å². The summed E-state index contributed by atoms with van der Waals surface area (Å²) >= 11 is 0. The van der Waals surface area contributed by atoms with Crippen LogP contribution in [0.15, 0.2) is 0 Å². The lowest BCUT2D eigenvalue weighted by Gasteiger charge is -2.48. The first-order chi connectivity index (χ1) is 9.58. The van der Waals surface area contributed by atoms with E-state index >= 15 is 0 Å². The van der Waals surface area contributed by atoms with Gasteiger partial charge in [0.2, 0.25) is 0 Å². The summed E-state index contributed by atoms with van der Waals surface area (Å²) in [6, 6.07) is -0.568. The highest BCUT2D eigenvalue weighted by molar-refractivity contribution is 6.06. The Labute approximate surface area is 125 Å². The average molecular weight is 295 g/mol. The molecule has 21 heavy (non-hydrogen) atoms. The molecule has 1 aliphatic carbocycles. The Morgan fingerprint density at radius 3 is 2.24 bits per heavy atom. The summed E-state index contributed by atoms with van der Waals surface area (Å²) in [5.74, 6) is -0.949. The molecule has 0 bridgehead atoms. The van der Waals surface area contributed by atoms with E-state index in [1.807, 2.05) is 27.7 Å². The molecule has 0 aromatic heterocycles. The number of rotatable bonds is 2. The van der Waals surface area contributed by atoms with Gasteiger partial charge in [0.15, 0.2) is 5.78 Å². The van der Waals surface area contributed by atoms with Crippen LogP contribution in [0, 0.1) is 16.7 Å². The third-order valence-corrected chi connectivity index (χ3v) is 5.06. The van der Waals surface area contributed by atoms with Crippen LogP contribution < -0.4 is 0 Å². The highest BCUT2D eigenvalue weighted by Gasteiger charge is 2.53. The van der Waals surface area contributed by atoms with Crippen LogP contribution >= 0.6 is 0 Å². The SMILES string of the molecule is CC1(C(=O)C2C(=O)CCN(C(=O)O)C2C(C)(C)C)CCC1. The number of carbonyl (C=O) groups is 3. The highest BCUT2D eigenvalue weighted by atomic mass is 16.4. The first-order valence-electron chi connectivity index (χ1n) is 7.64. The van der Waals surface area contributed by atoms with Crippen molar-refractivity contribution in [3.05, 3.63) is 0 Å². The summed E-state index contributed by atoms with van der Waals surface area (Å²) in [5.41, 5.74) is -0.889. The van der Waals surface area contributed by atoms with Crippen molar-refractivity contribution in [2.24, 2.45) is 16.7 Å². The van der Waals surface area contributed by atoms with Gasteiger partial charge < -0.3 is 10.0 Å². The predicted octanol–water partition coefficient (Wildman–Crippen LogP) is 2.73. The minimum atomic E-state index is -1.04. The largest absolute Gasteiger partial charge is 0.465 e. The van der Waals surface area contributed by atoms with Gasteiger partial charge >= 0.3 is 6.09 Å². The van der Waals surface area contributed by atoms with E-state index in [1.165, 1.54) is 4.90 Å². The van der Waals surface area contributed by atoms with Gasteiger partial charge in [-0.3, -0.25) is 9.59 Å². The van der Waals surface area contributed by atoms with E-state index < -0.39 is 28.9 Å². The molecular formula is C16H25NO4. The maximum atomic E-state index is 12.9. The molecule has 1 saturated carbocycles. The fourth-order valence-corrected chi connectivity index (χ4v) is 3.68. The van der Waals surface area contributed by atoms with Gasteiger partial charge in [-0.25, -0.2) is 4.79 Å². The van der Waals surface area contributed by atoms with Crippen LogP contribution in [0.5, 0.6) is 0 Å². The molecule has 0 aromatic rings. The van der Waals surface area contributed by atoms with Gasteiger partial charge in [0.1, 0.15) is 5.78 Å². The van der Waals surface area contributed by atoms with Crippen molar-refractivity contribution in [2.45, 2.75) is 59.4 Å². The van der Waals surface area contributed by atoms with Gasteiger partial charge in [-0.2, -0.15) is 0 Å². The number of amides is 1. The lowest BCUT2D eigenvalue weighted by atomic mass is 9.60. The minimum Gasteiger partial charge on any atom is -0.465 e.